The molecule has 0 aromatic heterocycles. The van der Waals surface area contributed by atoms with Crippen molar-refractivity contribution in [2.24, 2.45) is 0 Å². The fraction of sp³-hybridized carbons (Fsp3) is 0.529. The zero-order valence-electron chi connectivity index (χ0n) is 13.8. The SMILES string of the molecule is CN(C)c1ccc(NC(=O)CN2CCCCCCC2=O)cc1Cl. The molecule has 1 aromatic carbocycles. The Bertz CT molecular complexity index is 575. The Balaban J connectivity index is 1.95. The zero-order chi connectivity index (χ0) is 16.8. The predicted octanol–water partition coefficient (Wildman–Crippen LogP) is 3.14. The molecule has 0 aliphatic carbocycles. The van der Waals surface area contributed by atoms with Crippen molar-refractivity contribution in [3.63, 3.8) is 0 Å². The third-order valence-electron chi connectivity index (χ3n) is 3.97. The van der Waals surface area contributed by atoms with Gasteiger partial charge in [-0.3, -0.25) is 9.59 Å². The summed E-state index contributed by atoms with van der Waals surface area (Å²) in [5.41, 5.74) is 1.54. The quantitative estimate of drug-likeness (QED) is 0.918. The molecule has 1 heterocycles. The van der Waals surface area contributed by atoms with Gasteiger partial charge in [-0.25, -0.2) is 0 Å². The van der Waals surface area contributed by atoms with Crippen LogP contribution in [0.25, 0.3) is 0 Å². The summed E-state index contributed by atoms with van der Waals surface area (Å²) in [5, 5.41) is 3.40. The van der Waals surface area contributed by atoms with E-state index in [9.17, 15) is 9.59 Å². The number of nitrogens with one attached hydrogen (secondary N) is 1. The van der Waals surface area contributed by atoms with Crippen molar-refractivity contribution < 1.29 is 9.59 Å². The van der Waals surface area contributed by atoms with Crippen molar-refractivity contribution in [1.29, 1.82) is 0 Å². The number of rotatable bonds is 4. The zero-order valence-corrected chi connectivity index (χ0v) is 14.5. The van der Waals surface area contributed by atoms with E-state index in [1.807, 2.05) is 31.1 Å². The molecule has 1 N–H and O–H groups in total. The van der Waals surface area contributed by atoms with Crippen LogP contribution in [0.4, 0.5) is 11.4 Å². The van der Waals surface area contributed by atoms with Crippen molar-refractivity contribution in [1.82, 2.24) is 4.90 Å². The van der Waals surface area contributed by atoms with Crippen LogP contribution in [-0.2, 0) is 9.59 Å². The van der Waals surface area contributed by atoms with Crippen LogP contribution in [0, 0.1) is 0 Å². The van der Waals surface area contributed by atoms with E-state index in [1.165, 1.54) is 0 Å². The fourth-order valence-corrected chi connectivity index (χ4v) is 3.05. The van der Waals surface area contributed by atoms with Crippen LogP contribution in [0.3, 0.4) is 0 Å². The largest absolute Gasteiger partial charge is 0.376 e. The summed E-state index contributed by atoms with van der Waals surface area (Å²) >= 11 is 6.21. The van der Waals surface area contributed by atoms with Gasteiger partial charge < -0.3 is 15.1 Å². The average Bonchev–Trinajstić information content (AvgIpc) is 2.46. The van der Waals surface area contributed by atoms with Gasteiger partial charge in [-0.05, 0) is 31.0 Å². The number of carbonyl (C=O) groups excluding carboxylic acids is 2. The summed E-state index contributed by atoms with van der Waals surface area (Å²) < 4.78 is 0. The lowest BCUT2D eigenvalue weighted by Crippen LogP contribution is -2.39. The van der Waals surface area contributed by atoms with E-state index in [1.54, 1.807) is 11.0 Å². The maximum atomic E-state index is 12.2. The third-order valence-corrected chi connectivity index (χ3v) is 4.27. The molecule has 0 radical (unpaired) electrons. The molecule has 1 aromatic rings. The Morgan fingerprint density at radius 3 is 2.70 bits per heavy atom. The topological polar surface area (TPSA) is 52.7 Å². The summed E-state index contributed by atoms with van der Waals surface area (Å²) in [7, 11) is 3.82. The number of amides is 2. The Labute approximate surface area is 142 Å². The first kappa shape index (κ1) is 17.6. The van der Waals surface area contributed by atoms with Gasteiger partial charge in [-0.15, -0.1) is 0 Å². The number of carbonyl (C=O) groups is 2. The van der Waals surface area contributed by atoms with Gasteiger partial charge in [0.2, 0.25) is 11.8 Å². The van der Waals surface area contributed by atoms with Gasteiger partial charge in [-0.1, -0.05) is 24.4 Å². The van der Waals surface area contributed by atoms with Gasteiger partial charge in [0.15, 0.2) is 0 Å². The number of halogens is 1. The van der Waals surface area contributed by atoms with E-state index < -0.39 is 0 Å². The summed E-state index contributed by atoms with van der Waals surface area (Å²) in [6.45, 7) is 0.762. The number of benzene rings is 1. The van der Waals surface area contributed by atoms with E-state index >= 15 is 0 Å². The van der Waals surface area contributed by atoms with Crippen LogP contribution in [0.2, 0.25) is 5.02 Å². The van der Waals surface area contributed by atoms with E-state index in [-0.39, 0.29) is 18.4 Å². The Hall–Kier alpha value is -1.75. The smallest absolute Gasteiger partial charge is 0.243 e. The molecule has 0 atom stereocenters. The van der Waals surface area contributed by atoms with Crippen LogP contribution < -0.4 is 10.2 Å². The van der Waals surface area contributed by atoms with Gasteiger partial charge in [0.05, 0.1) is 17.3 Å². The second-order valence-corrected chi connectivity index (χ2v) is 6.50. The number of hydrogen-bond acceptors (Lipinski definition) is 3. The van der Waals surface area contributed by atoms with Crippen molar-refractivity contribution in [2.45, 2.75) is 32.1 Å². The summed E-state index contributed by atoms with van der Waals surface area (Å²) in [5.74, 6) is -0.117. The molecule has 1 saturated heterocycles. The highest BCUT2D eigenvalue weighted by molar-refractivity contribution is 6.33. The number of anilines is 2. The van der Waals surface area contributed by atoms with Gasteiger partial charge in [-0.2, -0.15) is 0 Å². The lowest BCUT2D eigenvalue weighted by molar-refractivity contribution is -0.135. The normalized spacial score (nSPS) is 15.8. The molecular weight excluding hydrogens is 314 g/mol. The first-order chi connectivity index (χ1) is 11.0. The summed E-state index contributed by atoms with van der Waals surface area (Å²) in [6.07, 6.45) is 4.63. The Morgan fingerprint density at radius 1 is 1.26 bits per heavy atom. The fourth-order valence-electron chi connectivity index (χ4n) is 2.70. The van der Waals surface area contributed by atoms with E-state index in [2.05, 4.69) is 5.32 Å². The molecule has 1 aliphatic rings. The van der Waals surface area contributed by atoms with Crippen LogP contribution in [-0.4, -0.2) is 43.9 Å². The highest BCUT2D eigenvalue weighted by Gasteiger charge is 2.18. The van der Waals surface area contributed by atoms with Crippen LogP contribution in [0.5, 0.6) is 0 Å². The highest BCUT2D eigenvalue weighted by Crippen LogP contribution is 2.27. The molecule has 1 fully saturated rings. The maximum absolute atomic E-state index is 12.2. The number of likely N-dealkylation sites (tertiary alicyclic amines) is 1. The molecule has 2 amide bonds. The summed E-state index contributed by atoms with van der Waals surface area (Å²) in [4.78, 5) is 27.8. The van der Waals surface area contributed by atoms with Crippen molar-refractivity contribution in [3.8, 4) is 0 Å². The van der Waals surface area contributed by atoms with E-state index in [0.717, 1.165) is 31.4 Å². The molecule has 0 bridgehead atoms. The third kappa shape index (κ3) is 5.13. The van der Waals surface area contributed by atoms with Crippen molar-refractivity contribution in [2.75, 3.05) is 37.4 Å². The molecule has 126 valence electrons. The molecule has 23 heavy (non-hydrogen) atoms. The Morgan fingerprint density at radius 2 is 2.00 bits per heavy atom. The van der Waals surface area contributed by atoms with Gasteiger partial charge >= 0.3 is 0 Å². The maximum Gasteiger partial charge on any atom is 0.243 e. The summed E-state index contributed by atoms with van der Waals surface area (Å²) in [6, 6.07) is 5.40. The average molecular weight is 338 g/mol. The van der Waals surface area contributed by atoms with Crippen LogP contribution in [0.15, 0.2) is 18.2 Å². The van der Waals surface area contributed by atoms with Crippen molar-refractivity contribution in [3.05, 3.63) is 23.2 Å². The molecule has 2 rings (SSSR count). The first-order valence-electron chi connectivity index (χ1n) is 8.02. The number of hydrogen-bond donors (Lipinski definition) is 1. The highest BCUT2D eigenvalue weighted by atomic mass is 35.5. The first-order valence-corrected chi connectivity index (χ1v) is 8.39. The van der Waals surface area contributed by atoms with Gasteiger partial charge in [0.1, 0.15) is 0 Å². The Kier molecular flexibility index (Phi) is 6.28. The molecule has 1 aliphatic heterocycles. The van der Waals surface area contributed by atoms with Gasteiger partial charge in [0.25, 0.3) is 0 Å². The number of nitrogens with zero attached hydrogens (tertiary/aromatic N) is 2. The predicted molar refractivity (Wildman–Crippen MR) is 94.1 cm³/mol. The second-order valence-electron chi connectivity index (χ2n) is 6.09. The lowest BCUT2D eigenvalue weighted by Gasteiger charge is -2.24. The molecular formula is C17H24ClN3O2. The second kappa shape index (κ2) is 8.20. The van der Waals surface area contributed by atoms with E-state index in [4.69, 9.17) is 11.6 Å². The van der Waals surface area contributed by atoms with E-state index in [0.29, 0.717) is 23.7 Å². The molecule has 6 heteroatoms. The molecule has 0 spiro atoms. The van der Waals surface area contributed by atoms with Crippen LogP contribution in [0.1, 0.15) is 32.1 Å². The lowest BCUT2D eigenvalue weighted by atomic mass is 10.1. The molecule has 0 unspecified atom stereocenters. The molecule has 0 saturated carbocycles. The van der Waals surface area contributed by atoms with Crippen molar-refractivity contribution >= 4 is 34.8 Å². The van der Waals surface area contributed by atoms with Gasteiger partial charge in [0, 0.05) is 32.7 Å². The van der Waals surface area contributed by atoms with Crippen LogP contribution >= 0.6 is 11.6 Å². The monoisotopic (exact) mass is 337 g/mol. The minimum atomic E-state index is -0.187. The minimum Gasteiger partial charge on any atom is -0.376 e. The molecule has 5 nitrogen and oxygen atoms in total. The standard InChI is InChI=1S/C17H24ClN3O2/c1-20(2)15-9-8-13(11-14(15)18)19-16(22)12-21-10-6-4-3-5-7-17(21)23/h8-9,11H,3-7,10,12H2,1-2H3,(H,19,22). The minimum absolute atomic E-state index is 0.0702.